The average Bonchev–Trinajstić information content (AvgIpc) is 2.51. The first-order valence-corrected chi connectivity index (χ1v) is 5.84. The molecule has 108 valence electrons. The first-order valence-electron chi connectivity index (χ1n) is 5.84. The molecule has 1 unspecified atom stereocenters. The van der Waals surface area contributed by atoms with Crippen molar-refractivity contribution in [2.75, 3.05) is 21.3 Å². The van der Waals surface area contributed by atoms with E-state index in [1.807, 2.05) is 0 Å². The van der Waals surface area contributed by atoms with Crippen LogP contribution < -0.4 is 4.74 Å². The molecule has 0 aliphatic rings. The largest absolute Gasteiger partial charge is 0.497 e. The van der Waals surface area contributed by atoms with Crippen molar-refractivity contribution in [3.8, 4) is 5.75 Å². The molecule has 6 heteroatoms. The zero-order valence-corrected chi connectivity index (χ0v) is 11.5. The van der Waals surface area contributed by atoms with E-state index in [0.29, 0.717) is 17.6 Å². The Kier molecular flexibility index (Phi) is 5.71. The summed E-state index contributed by atoms with van der Waals surface area (Å²) in [5.74, 6) is -3.32. The Morgan fingerprint density at radius 1 is 1.00 bits per heavy atom. The van der Waals surface area contributed by atoms with Crippen molar-refractivity contribution in [3.05, 3.63) is 29.8 Å². The number of carbonyl (C=O) groups is 3. The van der Waals surface area contributed by atoms with E-state index in [0.717, 1.165) is 14.2 Å². The molecule has 0 fully saturated rings. The highest BCUT2D eigenvalue weighted by molar-refractivity contribution is 5.99. The smallest absolute Gasteiger partial charge is 0.321 e. The second-order valence-corrected chi connectivity index (χ2v) is 3.96. The van der Waals surface area contributed by atoms with Crippen LogP contribution in [0.15, 0.2) is 24.3 Å². The van der Waals surface area contributed by atoms with Gasteiger partial charge in [0.25, 0.3) is 0 Å². The van der Waals surface area contributed by atoms with Crippen molar-refractivity contribution >= 4 is 18.2 Å². The van der Waals surface area contributed by atoms with Crippen molar-refractivity contribution in [1.29, 1.82) is 0 Å². The Bertz CT molecular complexity index is 463. The molecule has 0 N–H and O–H groups in total. The molecule has 20 heavy (non-hydrogen) atoms. The van der Waals surface area contributed by atoms with Crippen LogP contribution in [0.2, 0.25) is 0 Å². The van der Waals surface area contributed by atoms with Crippen LogP contribution in [0.5, 0.6) is 5.75 Å². The molecule has 0 aromatic heterocycles. The fourth-order valence-corrected chi connectivity index (χ4v) is 1.82. The van der Waals surface area contributed by atoms with Gasteiger partial charge in [0.1, 0.15) is 12.0 Å². The average molecular weight is 280 g/mol. The number of aldehydes is 1. The van der Waals surface area contributed by atoms with Gasteiger partial charge in [0.2, 0.25) is 0 Å². The first-order chi connectivity index (χ1) is 9.58. The fraction of sp³-hybridized carbons (Fsp3) is 0.357. The SMILES string of the molecule is COC(=O)C(C(=O)OC)C(C=O)c1ccc(OC)cc1. The number of rotatable bonds is 6. The van der Waals surface area contributed by atoms with Crippen LogP contribution in [0.1, 0.15) is 11.5 Å². The molecule has 1 rings (SSSR count). The van der Waals surface area contributed by atoms with E-state index in [1.54, 1.807) is 24.3 Å². The van der Waals surface area contributed by atoms with E-state index in [2.05, 4.69) is 9.47 Å². The highest BCUT2D eigenvalue weighted by Crippen LogP contribution is 2.26. The topological polar surface area (TPSA) is 78.9 Å². The van der Waals surface area contributed by atoms with Crippen LogP contribution in [-0.4, -0.2) is 39.6 Å². The summed E-state index contributed by atoms with van der Waals surface area (Å²) >= 11 is 0. The van der Waals surface area contributed by atoms with E-state index < -0.39 is 23.8 Å². The number of methoxy groups -OCH3 is 3. The molecule has 6 nitrogen and oxygen atoms in total. The van der Waals surface area contributed by atoms with E-state index in [-0.39, 0.29) is 0 Å². The summed E-state index contributed by atoms with van der Waals surface area (Å²) in [5.41, 5.74) is 0.501. The Balaban J connectivity index is 3.14. The minimum absolute atomic E-state index is 0.501. The molecule has 0 saturated heterocycles. The third kappa shape index (κ3) is 3.34. The molecule has 0 amide bonds. The lowest BCUT2D eigenvalue weighted by Gasteiger charge is -2.19. The van der Waals surface area contributed by atoms with E-state index in [9.17, 15) is 14.4 Å². The molecule has 0 radical (unpaired) electrons. The molecule has 0 heterocycles. The number of hydrogen-bond acceptors (Lipinski definition) is 6. The lowest BCUT2D eigenvalue weighted by atomic mass is 9.87. The van der Waals surface area contributed by atoms with Gasteiger partial charge in [-0.3, -0.25) is 9.59 Å². The standard InChI is InChI=1S/C14H16O6/c1-18-10-6-4-9(5-7-10)11(8-15)12(13(16)19-2)14(17)20-3/h4-8,11-12H,1-3H3. The lowest BCUT2D eigenvalue weighted by molar-refractivity contribution is -0.160. The van der Waals surface area contributed by atoms with Crippen LogP contribution >= 0.6 is 0 Å². The molecule has 0 bridgehead atoms. The quantitative estimate of drug-likeness (QED) is 0.438. The van der Waals surface area contributed by atoms with Gasteiger partial charge in [-0.25, -0.2) is 0 Å². The Labute approximate surface area is 116 Å². The van der Waals surface area contributed by atoms with Gasteiger partial charge in [-0.15, -0.1) is 0 Å². The molecule has 1 atom stereocenters. The summed E-state index contributed by atoms with van der Waals surface area (Å²) in [6, 6.07) is 6.49. The predicted octanol–water partition coefficient (Wildman–Crippen LogP) is 0.940. The summed E-state index contributed by atoms with van der Waals surface area (Å²) in [4.78, 5) is 34.7. The van der Waals surface area contributed by atoms with Crippen molar-refractivity contribution in [1.82, 2.24) is 0 Å². The normalized spacial score (nSPS) is 11.6. The van der Waals surface area contributed by atoms with Gasteiger partial charge in [0.15, 0.2) is 5.92 Å². The molecule has 0 aliphatic carbocycles. The molecular weight excluding hydrogens is 264 g/mol. The van der Waals surface area contributed by atoms with E-state index >= 15 is 0 Å². The zero-order chi connectivity index (χ0) is 15.1. The predicted molar refractivity (Wildman–Crippen MR) is 69.3 cm³/mol. The summed E-state index contributed by atoms with van der Waals surface area (Å²) in [6.45, 7) is 0. The van der Waals surface area contributed by atoms with Crippen molar-refractivity contribution in [2.45, 2.75) is 5.92 Å². The molecular formula is C14H16O6. The van der Waals surface area contributed by atoms with Crippen LogP contribution in [0, 0.1) is 5.92 Å². The maximum Gasteiger partial charge on any atom is 0.321 e. The molecule has 0 spiro atoms. The summed E-state index contributed by atoms with van der Waals surface area (Å²) < 4.78 is 14.1. The maximum atomic E-state index is 11.7. The van der Waals surface area contributed by atoms with Gasteiger partial charge in [-0.2, -0.15) is 0 Å². The number of hydrogen-bond donors (Lipinski definition) is 0. The van der Waals surface area contributed by atoms with Crippen LogP contribution in [-0.2, 0) is 23.9 Å². The highest BCUT2D eigenvalue weighted by atomic mass is 16.5. The summed E-state index contributed by atoms with van der Waals surface area (Å²) in [7, 11) is 3.81. The monoisotopic (exact) mass is 280 g/mol. The third-order valence-electron chi connectivity index (χ3n) is 2.92. The molecule has 1 aromatic rings. The highest BCUT2D eigenvalue weighted by Gasteiger charge is 2.37. The van der Waals surface area contributed by atoms with E-state index in [4.69, 9.17) is 4.74 Å². The van der Waals surface area contributed by atoms with Gasteiger partial charge in [0.05, 0.1) is 27.2 Å². The van der Waals surface area contributed by atoms with Gasteiger partial charge in [0, 0.05) is 0 Å². The number of benzene rings is 1. The van der Waals surface area contributed by atoms with Crippen molar-refractivity contribution < 1.29 is 28.6 Å². The van der Waals surface area contributed by atoms with Gasteiger partial charge >= 0.3 is 11.9 Å². The second kappa shape index (κ2) is 7.28. The zero-order valence-electron chi connectivity index (χ0n) is 11.5. The van der Waals surface area contributed by atoms with Crippen LogP contribution in [0.4, 0.5) is 0 Å². The van der Waals surface area contributed by atoms with Crippen LogP contribution in [0.3, 0.4) is 0 Å². The number of esters is 2. The summed E-state index contributed by atoms with van der Waals surface area (Å²) in [6.07, 6.45) is 0.528. The minimum atomic E-state index is -1.32. The van der Waals surface area contributed by atoms with Gasteiger partial charge in [-0.1, -0.05) is 12.1 Å². The Morgan fingerprint density at radius 3 is 1.85 bits per heavy atom. The van der Waals surface area contributed by atoms with Crippen molar-refractivity contribution in [3.63, 3.8) is 0 Å². The Hall–Kier alpha value is -2.37. The van der Waals surface area contributed by atoms with Crippen molar-refractivity contribution in [2.24, 2.45) is 5.92 Å². The third-order valence-corrected chi connectivity index (χ3v) is 2.92. The molecule has 0 saturated carbocycles. The second-order valence-electron chi connectivity index (χ2n) is 3.96. The summed E-state index contributed by atoms with van der Waals surface area (Å²) in [5, 5.41) is 0. The van der Waals surface area contributed by atoms with Gasteiger partial charge in [-0.05, 0) is 17.7 Å². The van der Waals surface area contributed by atoms with E-state index in [1.165, 1.54) is 7.11 Å². The fourth-order valence-electron chi connectivity index (χ4n) is 1.82. The lowest BCUT2D eigenvalue weighted by Crippen LogP contribution is -2.33. The molecule has 0 aliphatic heterocycles. The first kappa shape index (κ1) is 15.7. The minimum Gasteiger partial charge on any atom is -0.497 e. The van der Waals surface area contributed by atoms with Gasteiger partial charge < -0.3 is 19.0 Å². The molecule has 1 aromatic carbocycles. The number of ether oxygens (including phenoxy) is 3. The maximum absolute atomic E-state index is 11.7. The van der Waals surface area contributed by atoms with Crippen LogP contribution in [0.25, 0.3) is 0 Å². The Morgan fingerprint density at radius 2 is 1.50 bits per heavy atom. The number of carbonyl (C=O) groups excluding carboxylic acids is 3.